The summed E-state index contributed by atoms with van der Waals surface area (Å²) < 4.78 is 22.8. The molecule has 11 heteroatoms. The lowest BCUT2D eigenvalue weighted by Crippen LogP contribution is -2.64. The van der Waals surface area contributed by atoms with Gasteiger partial charge in [0.05, 0.1) is 31.8 Å². The van der Waals surface area contributed by atoms with Crippen molar-refractivity contribution in [2.45, 2.75) is 43.9 Å². The van der Waals surface area contributed by atoms with Crippen LogP contribution in [0.4, 0.5) is 11.8 Å². The van der Waals surface area contributed by atoms with Crippen LogP contribution in [0.2, 0.25) is 0 Å². The topological polar surface area (TPSA) is 112 Å². The molecule has 202 valence electrons. The van der Waals surface area contributed by atoms with Crippen LogP contribution in [0.15, 0.2) is 36.4 Å². The van der Waals surface area contributed by atoms with Crippen LogP contribution in [0.1, 0.15) is 25.7 Å². The second-order valence-corrected chi connectivity index (χ2v) is 9.64. The minimum Gasteiger partial charge on any atom is -0.493 e. The molecule has 3 atom stereocenters. The number of ether oxygens (including phenoxy) is 4. The molecular weight excluding hydrogens is 510 g/mol. The van der Waals surface area contributed by atoms with Gasteiger partial charge in [0.2, 0.25) is 12.1 Å². The van der Waals surface area contributed by atoms with Crippen molar-refractivity contribution in [1.82, 2.24) is 14.9 Å². The third kappa shape index (κ3) is 4.47. The normalized spacial score (nSPS) is 22.3. The molecule has 1 aromatic heterocycles. The molecule has 1 amide bonds. The highest BCUT2D eigenvalue weighted by Gasteiger charge is 2.44. The van der Waals surface area contributed by atoms with Gasteiger partial charge in [-0.15, -0.1) is 12.4 Å². The van der Waals surface area contributed by atoms with Gasteiger partial charge < -0.3 is 34.5 Å². The molecule has 3 aromatic rings. The van der Waals surface area contributed by atoms with Gasteiger partial charge in [-0.2, -0.15) is 4.98 Å². The summed E-state index contributed by atoms with van der Waals surface area (Å²) in [6.07, 6.45) is 3.38. The van der Waals surface area contributed by atoms with Gasteiger partial charge in [0, 0.05) is 24.5 Å². The number of methoxy groups -OCH3 is 2. The van der Waals surface area contributed by atoms with Crippen molar-refractivity contribution in [3.63, 3.8) is 0 Å². The molecule has 6 rings (SSSR count). The summed E-state index contributed by atoms with van der Waals surface area (Å²) in [6.45, 7) is 1.37. The van der Waals surface area contributed by atoms with E-state index in [9.17, 15) is 4.79 Å². The van der Waals surface area contributed by atoms with E-state index in [1.165, 1.54) is 0 Å². The Morgan fingerprint density at radius 2 is 1.71 bits per heavy atom. The highest BCUT2D eigenvalue weighted by atomic mass is 35.5. The van der Waals surface area contributed by atoms with Gasteiger partial charge >= 0.3 is 0 Å². The number of nitrogens with two attached hydrogens (primary N) is 1. The van der Waals surface area contributed by atoms with Crippen LogP contribution >= 0.6 is 12.4 Å². The van der Waals surface area contributed by atoms with E-state index in [4.69, 9.17) is 29.7 Å². The number of halogens is 1. The van der Waals surface area contributed by atoms with Crippen molar-refractivity contribution in [3.05, 3.63) is 36.4 Å². The maximum atomic E-state index is 13.6. The zero-order valence-electron chi connectivity index (χ0n) is 21.5. The number of carbonyl (C=O) groups is 1. The first-order valence-electron chi connectivity index (χ1n) is 12.7. The van der Waals surface area contributed by atoms with Crippen molar-refractivity contribution in [1.29, 1.82) is 0 Å². The molecule has 2 aliphatic heterocycles. The number of nitrogen functional groups attached to an aromatic ring is 1. The van der Waals surface area contributed by atoms with E-state index in [0.717, 1.165) is 25.7 Å². The molecule has 1 unspecified atom stereocenters. The van der Waals surface area contributed by atoms with Gasteiger partial charge in [-0.25, -0.2) is 4.98 Å². The van der Waals surface area contributed by atoms with Crippen molar-refractivity contribution in [2.24, 2.45) is 0 Å². The van der Waals surface area contributed by atoms with E-state index >= 15 is 0 Å². The Kier molecular flexibility index (Phi) is 7.25. The third-order valence-corrected chi connectivity index (χ3v) is 7.62. The zero-order chi connectivity index (χ0) is 25.5. The van der Waals surface area contributed by atoms with Crippen molar-refractivity contribution in [3.8, 4) is 23.0 Å². The molecule has 3 aliphatic rings. The summed E-state index contributed by atoms with van der Waals surface area (Å²) in [4.78, 5) is 27.4. The number of para-hydroxylation sites is 2. The number of hydrogen-bond acceptors (Lipinski definition) is 9. The lowest BCUT2D eigenvalue weighted by Gasteiger charge is -2.50. The number of piperazine rings is 1. The number of amides is 1. The first kappa shape index (κ1) is 26.0. The smallest absolute Gasteiger partial charge is 0.267 e. The van der Waals surface area contributed by atoms with Gasteiger partial charge in [0.1, 0.15) is 12.4 Å². The van der Waals surface area contributed by atoms with Crippen LogP contribution in [0, 0.1) is 0 Å². The maximum Gasteiger partial charge on any atom is 0.267 e. The van der Waals surface area contributed by atoms with Crippen molar-refractivity contribution < 1.29 is 23.7 Å². The van der Waals surface area contributed by atoms with Crippen LogP contribution in [0.3, 0.4) is 0 Å². The summed E-state index contributed by atoms with van der Waals surface area (Å²) in [6, 6.07) is 11.2. The number of fused-ring (bicyclic) bond motifs is 3. The van der Waals surface area contributed by atoms with Gasteiger partial charge in [-0.05, 0) is 31.0 Å². The number of benzene rings is 2. The molecule has 1 saturated heterocycles. The van der Waals surface area contributed by atoms with Gasteiger partial charge in [-0.3, -0.25) is 4.79 Å². The molecule has 1 aliphatic carbocycles. The Hall–Kier alpha value is -3.66. The quantitative estimate of drug-likeness (QED) is 0.530. The fourth-order valence-electron chi connectivity index (χ4n) is 5.81. The molecule has 0 spiro atoms. The molecule has 0 radical (unpaired) electrons. The fourth-order valence-corrected chi connectivity index (χ4v) is 5.81. The number of rotatable bonds is 4. The van der Waals surface area contributed by atoms with E-state index in [0.29, 0.717) is 58.8 Å². The van der Waals surface area contributed by atoms with Gasteiger partial charge in [-0.1, -0.05) is 25.0 Å². The highest BCUT2D eigenvalue weighted by molar-refractivity contribution is 5.92. The third-order valence-electron chi connectivity index (χ3n) is 7.62. The molecule has 38 heavy (non-hydrogen) atoms. The Morgan fingerprint density at radius 1 is 1.00 bits per heavy atom. The van der Waals surface area contributed by atoms with Crippen LogP contribution in [0.5, 0.6) is 23.0 Å². The first-order chi connectivity index (χ1) is 18.1. The predicted octanol–water partition coefficient (Wildman–Crippen LogP) is 3.45. The molecule has 2 aromatic carbocycles. The second kappa shape index (κ2) is 10.6. The number of hydrogen-bond donors (Lipinski definition) is 1. The number of nitrogens with zero attached hydrogens (tertiary/aromatic N) is 4. The summed E-state index contributed by atoms with van der Waals surface area (Å²) in [7, 11) is 3.18. The van der Waals surface area contributed by atoms with Crippen LogP contribution in [-0.4, -0.2) is 72.9 Å². The average molecular weight is 542 g/mol. The molecule has 10 nitrogen and oxygen atoms in total. The number of anilines is 2. The molecule has 3 heterocycles. The predicted molar refractivity (Wildman–Crippen MR) is 146 cm³/mol. The van der Waals surface area contributed by atoms with Gasteiger partial charge in [0.15, 0.2) is 23.0 Å². The largest absolute Gasteiger partial charge is 0.493 e. The maximum absolute atomic E-state index is 13.6. The summed E-state index contributed by atoms with van der Waals surface area (Å²) >= 11 is 0. The minimum absolute atomic E-state index is 0. The molecular formula is C27H32ClN5O5. The zero-order valence-corrected chi connectivity index (χ0v) is 22.3. The fraction of sp³-hybridized carbons (Fsp3) is 0.444. The standard InChI is InChI=1S/C27H31N5O5.ClH/c1-34-22-13-16-17(14-23(22)35-2)29-27(30-25(16)28)32-12-11-31(18-7-3-4-8-19(18)32)26(33)24-15-36-20-9-5-6-10-21(20)37-24;/h5-6,9-10,13-14,18-19,24H,3-4,7-8,11-12,15H2,1-2H3,(H2,28,29,30);1H/t18-,19+,24?;/m1./s1. The van der Waals surface area contributed by atoms with Crippen LogP contribution in [-0.2, 0) is 4.79 Å². The van der Waals surface area contributed by atoms with E-state index < -0.39 is 6.10 Å². The van der Waals surface area contributed by atoms with E-state index in [1.807, 2.05) is 35.2 Å². The lowest BCUT2D eigenvalue weighted by atomic mass is 9.86. The minimum atomic E-state index is -0.654. The van der Waals surface area contributed by atoms with Crippen LogP contribution in [0.25, 0.3) is 10.9 Å². The second-order valence-electron chi connectivity index (χ2n) is 9.64. The monoisotopic (exact) mass is 541 g/mol. The number of aromatic nitrogens is 2. The number of carbonyl (C=O) groups excluding carboxylic acids is 1. The lowest BCUT2D eigenvalue weighted by molar-refractivity contribution is -0.145. The summed E-state index contributed by atoms with van der Waals surface area (Å²) in [5.41, 5.74) is 7.08. The Labute approximate surface area is 227 Å². The Bertz CT molecular complexity index is 1340. The first-order valence-corrected chi connectivity index (χ1v) is 12.7. The van der Waals surface area contributed by atoms with Crippen molar-refractivity contribution in [2.75, 3.05) is 44.5 Å². The molecule has 2 fully saturated rings. The summed E-state index contributed by atoms with van der Waals surface area (Å²) in [5, 5.41) is 0.713. The Balaban J connectivity index is 0.00000294. The van der Waals surface area contributed by atoms with E-state index in [-0.39, 0.29) is 37.0 Å². The highest BCUT2D eigenvalue weighted by Crippen LogP contribution is 2.38. The average Bonchev–Trinajstić information content (AvgIpc) is 2.95. The van der Waals surface area contributed by atoms with E-state index in [1.54, 1.807) is 20.3 Å². The molecule has 0 bridgehead atoms. The van der Waals surface area contributed by atoms with Gasteiger partial charge in [0.25, 0.3) is 5.91 Å². The molecule has 2 N–H and O–H groups in total. The van der Waals surface area contributed by atoms with Crippen LogP contribution < -0.4 is 29.6 Å². The summed E-state index contributed by atoms with van der Waals surface area (Å²) in [5.74, 6) is 3.38. The van der Waals surface area contributed by atoms with E-state index in [2.05, 4.69) is 9.88 Å². The SMILES string of the molecule is COc1cc2nc(N3CCN(C(=O)C4COc5ccccc5O4)[C@@H]4CCCC[C@@H]43)nc(N)c2cc1OC.Cl. The van der Waals surface area contributed by atoms with Crippen molar-refractivity contribution >= 4 is 41.0 Å². The molecule has 1 saturated carbocycles. The Morgan fingerprint density at radius 3 is 2.47 bits per heavy atom.